The first-order chi connectivity index (χ1) is 39.4. The number of carbonyl (C=O) groups excluding carboxylic acids is 2. The van der Waals surface area contributed by atoms with E-state index < -0.39 is 20.0 Å². The van der Waals surface area contributed by atoms with E-state index in [4.69, 9.17) is 13.8 Å². The van der Waals surface area contributed by atoms with Gasteiger partial charge in [-0.15, -0.1) is 0 Å². The molecule has 0 fully saturated rings. The molecule has 3 unspecified atom stereocenters. The molecule has 3 atom stereocenters. The van der Waals surface area contributed by atoms with Crippen LogP contribution in [0.2, 0.25) is 0 Å². The predicted octanol–water partition coefficient (Wildman–Crippen LogP) is 21.4. The van der Waals surface area contributed by atoms with Crippen LogP contribution in [-0.4, -0.2) is 69.4 Å². The lowest BCUT2D eigenvalue weighted by Gasteiger charge is -2.30. The number of unbranched alkanes of at least 4 members (excludes halogenated alkanes) is 42. The van der Waals surface area contributed by atoms with Crippen molar-refractivity contribution in [3.05, 3.63) is 48.6 Å². The average Bonchev–Trinajstić information content (AvgIpc) is 3.43. The fraction of sp³-hybridized carbons (Fsp3) is 0.859. The third-order valence-electron chi connectivity index (χ3n) is 15.8. The maximum absolute atomic E-state index is 13.6. The Bertz CT molecular complexity index is 1520. The third kappa shape index (κ3) is 62.3. The molecule has 0 heterocycles. The second-order valence-electron chi connectivity index (χ2n) is 25.0. The highest BCUT2D eigenvalue weighted by molar-refractivity contribution is 7.45. The highest BCUT2D eigenvalue weighted by Gasteiger charge is 2.27. The van der Waals surface area contributed by atoms with E-state index in [-0.39, 0.29) is 31.5 Å². The van der Waals surface area contributed by atoms with Crippen LogP contribution < -0.4 is 10.2 Å². The molecule has 0 saturated heterocycles. The van der Waals surface area contributed by atoms with Crippen LogP contribution in [-0.2, 0) is 27.9 Å². The number of allylic oxidation sites excluding steroid dienone is 7. The lowest BCUT2D eigenvalue weighted by Crippen LogP contribution is -2.47. The fourth-order valence-corrected chi connectivity index (χ4v) is 11.1. The molecular formula is C71H135N2O7P. The van der Waals surface area contributed by atoms with Crippen molar-refractivity contribution in [1.82, 2.24) is 5.32 Å². The highest BCUT2D eigenvalue weighted by atomic mass is 31.2. The zero-order chi connectivity index (χ0) is 59.3. The summed E-state index contributed by atoms with van der Waals surface area (Å²) in [4.78, 5) is 40.1. The van der Waals surface area contributed by atoms with E-state index in [0.717, 1.165) is 70.6 Å². The molecule has 10 heteroatoms. The van der Waals surface area contributed by atoms with Gasteiger partial charge in [0.05, 0.1) is 33.8 Å². The molecule has 0 spiro atoms. The third-order valence-corrected chi connectivity index (χ3v) is 16.7. The summed E-state index contributed by atoms with van der Waals surface area (Å²) in [5, 5.41) is 3.04. The summed E-state index contributed by atoms with van der Waals surface area (Å²) in [6.07, 6.45) is 76.6. The lowest BCUT2D eigenvalue weighted by atomic mass is 10.0. The van der Waals surface area contributed by atoms with Crippen LogP contribution in [0.3, 0.4) is 0 Å². The molecule has 0 aromatic heterocycles. The number of nitrogens with one attached hydrogen (secondary N) is 1. The molecule has 9 nitrogen and oxygen atoms in total. The summed E-state index contributed by atoms with van der Waals surface area (Å²) >= 11 is 0. The lowest BCUT2D eigenvalue weighted by molar-refractivity contribution is -0.870. The number of likely N-dealkylation sites (N-methyl/N-ethyl adjacent to an activating group) is 1. The number of esters is 1. The van der Waals surface area contributed by atoms with Gasteiger partial charge in [0.1, 0.15) is 19.3 Å². The minimum absolute atomic E-state index is 0.0206. The van der Waals surface area contributed by atoms with Crippen molar-refractivity contribution in [1.29, 1.82) is 0 Å². The van der Waals surface area contributed by atoms with Gasteiger partial charge in [-0.05, 0) is 70.3 Å². The number of hydrogen-bond donors (Lipinski definition) is 1. The Labute approximate surface area is 503 Å². The van der Waals surface area contributed by atoms with Crippen molar-refractivity contribution in [2.75, 3.05) is 40.9 Å². The molecular weight excluding hydrogens is 1020 g/mol. The maximum atomic E-state index is 13.6. The number of rotatable bonds is 64. The van der Waals surface area contributed by atoms with Crippen molar-refractivity contribution in [2.24, 2.45) is 0 Å². The molecule has 0 bridgehead atoms. The Balaban J connectivity index is 5.02. The van der Waals surface area contributed by atoms with Crippen LogP contribution in [0.15, 0.2) is 48.6 Å². The monoisotopic (exact) mass is 1160 g/mol. The topological polar surface area (TPSA) is 114 Å². The number of phosphoric ester groups is 1. The SMILES string of the molecule is CCCCC/C=C\C/C=C\C/C=C\CCCCCCCCCCCCCCC(=O)OC(/C=C/CCCCCCCCCCC)C(COP(=O)([O-])OCC[N+](C)(C)C)NC(=O)CCCCCCCCCCCCCCCCCCCCC. The number of carbonyl (C=O) groups is 2. The number of nitrogens with zero attached hydrogens (tertiary/aromatic N) is 1. The molecule has 1 amide bonds. The van der Waals surface area contributed by atoms with Gasteiger partial charge >= 0.3 is 5.97 Å². The maximum Gasteiger partial charge on any atom is 0.306 e. The van der Waals surface area contributed by atoms with Gasteiger partial charge in [0, 0.05) is 12.8 Å². The van der Waals surface area contributed by atoms with E-state index in [1.165, 1.54) is 238 Å². The fourth-order valence-electron chi connectivity index (χ4n) is 10.4. The van der Waals surface area contributed by atoms with E-state index in [9.17, 15) is 19.0 Å². The molecule has 1 N–H and O–H groups in total. The minimum atomic E-state index is -4.70. The molecule has 0 aromatic rings. The van der Waals surface area contributed by atoms with Crippen molar-refractivity contribution < 1.29 is 37.3 Å². The summed E-state index contributed by atoms with van der Waals surface area (Å²) in [6, 6.07) is -0.886. The van der Waals surface area contributed by atoms with Gasteiger partial charge < -0.3 is 28.5 Å². The largest absolute Gasteiger partial charge is 0.756 e. The van der Waals surface area contributed by atoms with Gasteiger partial charge in [-0.3, -0.25) is 14.2 Å². The molecule has 0 aromatic carbocycles. The number of hydrogen-bond acceptors (Lipinski definition) is 7. The zero-order valence-corrected chi connectivity index (χ0v) is 55.4. The Morgan fingerprint density at radius 2 is 0.753 bits per heavy atom. The molecule has 0 aliphatic rings. The Morgan fingerprint density at radius 1 is 0.432 bits per heavy atom. The van der Waals surface area contributed by atoms with Gasteiger partial charge in [-0.2, -0.15) is 0 Å². The van der Waals surface area contributed by atoms with Crippen LogP contribution in [0.1, 0.15) is 342 Å². The van der Waals surface area contributed by atoms with E-state index in [1.54, 1.807) is 0 Å². The second kappa shape index (κ2) is 61.1. The number of amides is 1. The number of phosphoric acid groups is 1. The number of ether oxygens (including phenoxy) is 1. The first-order valence-electron chi connectivity index (χ1n) is 34.9. The van der Waals surface area contributed by atoms with Gasteiger partial charge in [0.15, 0.2) is 0 Å². The molecule has 0 aliphatic heterocycles. The minimum Gasteiger partial charge on any atom is -0.756 e. The van der Waals surface area contributed by atoms with Crippen LogP contribution in [0.5, 0.6) is 0 Å². The van der Waals surface area contributed by atoms with Gasteiger partial charge in [0.25, 0.3) is 7.82 Å². The van der Waals surface area contributed by atoms with Gasteiger partial charge in [0.2, 0.25) is 5.91 Å². The standard InChI is InChI=1S/C71H135N2O7P/c1-7-10-13-16-19-22-25-27-29-31-33-34-35-36-37-38-40-42-44-46-49-52-55-58-61-64-71(75)80-69(62-59-56-53-50-47-24-21-18-15-12-9-3)68(67-79-81(76,77)78-66-65-73(4,5)6)72-70(74)63-60-57-54-51-48-45-43-41-39-32-30-28-26-23-20-17-14-11-8-2/h19,22,27,29,33-34,59,62,68-69H,7-18,20-21,23-26,28,30-32,35-58,60-61,63-67H2,1-6H3,(H-,72,74,76,77)/b22-19-,29-27-,34-33-,62-59+. The second-order valence-corrected chi connectivity index (χ2v) is 26.5. The van der Waals surface area contributed by atoms with Crippen LogP contribution >= 0.6 is 7.82 Å². The van der Waals surface area contributed by atoms with E-state index in [0.29, 0.717) is 17.4 Å². The van der Waals surface area contributed by atoms with Crippen LogP contribution in [0.25, 0.3) is 0 Å². The molecule has 81 heavy (non-hydrogen) atoms. The van der Waals surface area contributed by atoms with Gasteiger partial charge in [-0.1, -0.05) is 307 Å². The van der Waals surface area contributed by atoms with Crippen molar-refractivity contribution in [2.45, 2.75) is 354 Å². The average molecular weight is 1160 g/mol. The Morgan fingerprint density at radius 3 is 1.15 bits per heavy atom. The van der Waals surface area contributed by atoms with Crippen LogP contribution in [0.4, 0.5) is 0 Å². The molecule has 0 radical (unpaired) electrons. The summed E-state index contributed by atoms with van der Waals surface area (Å²) in [7, 11) is 1.20. The van der Waals surface area contributed by atoms with Crippen LogP contribution in [0, 0.1) is 0 Å². The van der Waals surface area contributed by atoms with Gasteiger partial charge in [-0.25, -0.2) is 0 Å². The predicted molar refractivity (Wildman–Crippen MR) is 349 cm³/mol. The first-order valence-corrected chi connectivity index (χ1v) is 36.4. The highest BCUT2D eigenvalue weighted by Crippen LogP contribution is 2.38. The molecule has 476 valence electrons. The smallest absolute Gasteiger partial charge is 0.306 e. The first kappa shape index (κ1) is 79.0. The summed E-state index contributed by atoms with van der Waals surface area (Å²) in [5.41, 5.74) is 0. The van der Waals surface area contributed by atoms with E-state index >= 15 is 0 Å². The summed E-state index contributed by atoms with van der Waals surface area (Å²) < 4.78 is 30.4. The molecule has 0 saturated carbocycles. The molecule has 0 aliphatic carbocycles. The normalized spacial score (nSPS) is 13.8. The molecule has 0 rings (SSSR count). The quantitative estimate of drug-likeness (QED) is 0.0212. The Kier molecular flexibility index (Phi) is 59.5. The van der Waals surface area contributed by atoms with E-state index in [1.807, 2.05) is 33.3 Å². The van der Waals surface area contributed by atoms with E-state index in [2.05, 4.69) is 62.5 Å². The van der Waals surface area contributed by atoms with Crippen molar-refractivity contribution in [3.63, 3.8) is 0 Å². The van der Waals surface area contributed by atoms with Crippen molar-refractivity contribution >= 4 is 19.7 Å². The summed E-state index contributed by atoms with van der Waals surface area (Å²) in [5.74, 6) is -0.527. The van der Waals surface area contributed by atoms with Crippen molar-refractivity contribution in [3.8, 4) is 0 Å². The summed E-state index contributed by atoms with van der Waals surface area (Å²) in [6.45, 7) is 6.86. The Hall–Kier alpha value is -2.03. The zero-order valence-electron chi connectivity index (χ0n) is 54.5. The number of quaternary nitrogens is 1.